The van der Waals surface area contributed by atoms with E-state index in [1.165, 1.54) is 11.9 Å². The Labute approximate surface area is 158 Å². The van der Waals surface area contributed by atoms with Crippen LogP contribution in [-0.2, 0) is 14.4 Å². The smallest absolute Gasteiger partial charge is 0.243 e. The fraction of sp³-hybridized carbons (Fsp3) is 0.438. The zero-order valence-electron chi connectivity index (χ0n) is 14.4. The number of hydrogen-bond acceptors (Lipinski definition) is 4. The Bertz CT molecular complexity index is 611. The minimum atomic E-state index is -0.672. The second-order valence-corrected chi connectivity index (χ2v) is 6.23. The molecule has 25 heavy (non-hydrogen) atoms. The van der Waals surface area contributed by atoms with Crippen molar-refractivity contribution in [2.24, 2.45) is 11.7 Å². The number of nitrogens with one attached hydrogen (secondary N) is 2. The number of anilines is 1. The predicted molar refractivity (Wildman–Crippen MR) is 101 cm³/mol. The van der Waals surface area contributed by atoms with Gasteiger partial charge in [0.2, 0.25) is 17.7 Å². The SMILES string of the molecule is CC(C)[C@H](N)C(=O)NCC(=O)N(C)CC(=O)Nc1cccc(Cl)c1.Cl. The quantitative estimate of drug-likeness (QED) is 0.651. The summed E-state index contributed by atoms with van der Waals surface area (Å²) >= 11 is 5.84. The Hall–Kier alpha value is -1.83. The van der Waals surface area contributed by atoms with E-state index in [0.29, 0.717) is 10.7 Å². The summed E-state index contributed by atoms with van der Waals surface area (Å²) in [5, 5.41) is 5.61. The van der Waals surface area contributed by atoms with Crippen LogP contribution in [0, 0.1) is 5.92 Å². The molecule has 0 aliphatic heterocycles. The summed E-state index contributed by atoms with van der Waals surface area (Å²) in [5.41, 5.74) is 6.24. The van der Waals surface area contributed by atoms with Crippen molar-refractivity contribution in [3.8, 4) is 0 Å². The summed E-state index contributed by atoms with van der Waals surface area (Å²) in [6, 6.07) is 6.03. The standard InChI is InChI=1S/C16H23ClN4O3.ClH/c1-10(2)15(18)16(24)19-8-14(23)21(3)9-13(22)20-12-6-4-5-11(17)7-12;/h4-7,10,15H,8-9,18H2,1-3H3,(H,19,24)(H,20,22);1H/t15-;/m0./s1. The Morgan fingerprint density at radius 3 is 2.48 bits per heavy atom. The fourth-order valence-electron chi connectivity index (χ4n) is 1.79. The van der Waals surface area contributed by atoms with E-state index in [9.17, 15) is 14.4 Å². The topological polar surface area (TPSA) is 105 Å². The second-order valence-electron chi connectivity index (χ2n) is 5.80. The first-order valence-corrected chi connectivity index (χ1v) is 7.91. The first-order chi connectivity index (χ1) is 11.2. The number of rotatable bonds is 7. The fourth-order valence-corrected chi connectivity index (χ4v) is 1.98. The van der Waals surface area contributed by atoms with Crippen molar-refractivity contribution in [1.29, 1.82) is 0 Å². The van der Waals surface area contributed by atoms with Gasteiger partial charge in [-0.1, -0.05) is 31.5 Å². The van der Waals surface area contributed by atoms with Crippen molar-refractivity contribution >= 4 is 47.4 Å². The van der Waals surface area contributed by atoms with E-state index >= 15 is 0 Å². The minimum absolute atomic E-state index is 0. The van der Waals surface area contributed by atoms with Gasteiger partial charge in [-0.25, -0.2) is 0 Å². The lowest BCUT2D eigenvalue weighted by Crippen LogP contribution is -2.48. The van der Waals surface area contributed by atoms with Crippen molar-refractivity contribution in [1.82, 2.24) is 10.2 Å². The summed E-state index contributed by atoms with van der Waals surface area (Å²) in [4.78, 5) is 36.8. The Kier molecular flexibility index (Phi) is 10.1. The number of carbonyl (C=O) groups excluding carboxylic acids is 3. The molecule has 0 spiro atoms. The molecule has 4 N–H and O–H groups in total. The van der Waals surface area contributed by atoms with Crippen LogP contribution in [0.15, 0.2) is 24.3 Å². The molecule has 1 atom stereocenters. The minimum Gasteiger partial charge on any atom is -0.346 e. The molecule has 0 radical (unpaired) electrons. The highest BCUT2D eigenvalue weighted by molar-refractivity contribution is 6.30. The molecule has 0 saturated carbocycles. The van der Waals surface area contributed by atoms with Crippen LogP contribution in [0.3, 0.4) is 0 Å². The highest BCUT2D eigenvalue weighted by Gasteiger charge is 2.19. The van der Waals surface area contributed by atoms with Crippen molar-refractivity contribution < 1.29 is 14.4 Å². The van der Waals surface area contributed by atoms with E-state index in [-0.39, 0.29) is 43.2 Å². The third kappa shape index (κ3) is 8.20. The zero-order valence-corrected chi connectivity index (χ0v) is 16.0. The van der Waals surface area contributed by atoms with Crippen LogP contribution < -0.4 is 16.4 Å². The molecule has 0 aliphatic carbocycles. The van der Waals surface area contributed by atoms with Crippen LogP contribution in [0.5, 0.6) is 0 Å². The molecule has 0 saturated heterocycles. The second kappa shape index (κ2) is 10.9. The van der Waals surface area contributed by atoms with Gasteiger partial charge in [0.05, 0.1) is 19.1 Å². The number of amides is 3. The van der Waals surface area contributed by atoms with Gasteiger partial charge in [0.25, 0.3) is 0 Å². The number of benzene rings is 1. The van der Waals surface area contributed by atoms with Gasteiger partial charge in [-0.3, -0.25) is 14.4 Å². The molecule has 1 rings (SSSR count). The number of nitrogens with zero attached hydrogens (tertiary/aromatic N) is 1. The highest BCUT2D eigenvalue weighted by atomic mass is 35.5. The maximum absolute atomic E-state index is 12.0. The molecule has 0 aromatic heterocycles. The summed E-state index contributed by atoms with van der Waals surface area (Å²) in [6.07, 6.45) is 0. The average molecular weight is 391 g/mol. The van der Waals surface area contributed by atoms with E-state index < -0.39 is 11.9 Å². The van der Waals surface area contributed by atoms with Crippen LogP contribution >= 0.6 is 24.0 Å². The molecular weight excluding hydrogens is 367 g/mol. The maximum Gasteiger partial charge on any atom is 0.243 e. The third-order valence-corrected chi connectivity index (χ3v) is 3.58. The van der Waals surface area contributed by atoms with E-state index in [4.69, 9.17) is 17.3 Å². The van der Waals surface area contributed by atoms with Gasteiger partial charge in [-0.05, 0) is 24.1 Å². The van der Waals surface area contributed by atoms with Crippen LogP contribution in [0.4, 0.5) is 5.69 Å². The lowest BCUT2D eigenvalue weighted by atomic mass is 10.1. The lowest BCUT2D eigenvalue weighted by molar-refractivity contribution is -0.134. The van der Waals surface area contributed by atoms with E-state index in [0.717, 1.165) is 0 Å². The molecule has 0 heterocycles. The first kappa shape index (κ1) is 23.2. The van der Waals surface area contributed by atoms with E-state index in [1.807, 2.05) is 13.8 Å². The summed E-state index contributed by atoms with van der Waals surface area (Å²) < 4.78 is 0. The molecule has 0 fully saturated rings. The molecular formula is C16H24Cl2N4O3. The van der Waals surface area contributed by atoms with Gasteiger partial charge < -0.3 is 21.3 Å². The summed E-state index contributed by atoms with van der Waals surface area (Å²) in [5.74, 6) is -1.17. The average Bonchev–Trinajstić information content (AvgIpc) is 2.51. The normalized spacial score (nSPS) is 11.3. The van der Waals surface area contributed by atoms with Crippen LogP contribution in [0.1, 0.15) is 13.8 Å². The van der Waals surface area contributed by atoms with Gasteiger partial charge in [0.15, 0.2) is 0 Å². The van der Waals surface area contributed by atoms with Crippen LogP contribution in [-0.4, -0.2) is 48.8 Å². The van der Waals surface area contributed by atoms with Gasteiger partial charge in [-0.2, -0.15) is 0 Å². The van der Waals surface area contributed by atoms with Crippen molar-refractivity contribution in [3.05, 3.63) is 29.3 Å². The number of carbonyl (C=O) groups is 3. The largest absolute Gasteiger partial charge is 0.346 e. The summed E-state index contributed by atoms with van der Waals surface area (Å²) in [7, 11) is 1.48. The number of halogens is 2. The molecule has 140 valence electrons. The molecule has 0 bridgehead atoms. The van der Waals surface area contributed by atoms with Crippen LogP contribution in [0.2, 0.25) is 5.02 Å². The van der Waals surface area contributed by atoms with Gasteiger partial charge in [0.1, 0.15) is 0 Å². The molecule has 0 unspecified atom stereocenters. The van der Waals surface area contributed by atoms with Crippen molar-refractivity contribution in [3.63, 3.8) is 0 Å². The first-order valence-electron chi connectivity index (χ1n) is 7.53. The predicted octanol–water partition coefficient (Wildman–Crippen LogP) is 1.26. The molecule has 3 amide bonds. The van der Waals surface area contributed by atoms with Crippen molar-refractivity contribution in [2.75, 3.05) is 25.5 Å². The highest BCUT2D eigenvalue weighted by Crippen LogP contribution is 2.14. The molecule has 0 aliphatic rings. The molecule has 1 aromatic rings. The molecule has 1 aromatic carbocycles. The van der Waals surface area contributed by atoms with Crippen LogP contribution in [0.25, 0.3) is 0 Å². The Morgan fingerprint density at radius 2 is 1.92 bits per heavy atom. The molecule has 9 heteroatoms. The van der Waals surface area contributed by atoms with Gasteiger partial charge in [-0.15, -0.1) is 12.4 Å². The number of likely N-dealkylation sites (N-methyl/N-ethyl adjacent to an activating group) is 1. The third-order valence-electron chi connectivity index (χ3n) is 3.35. The zero-order chi connectivity index (χ0) is 18.3. The Morgan fingerprint density at radius 1 is 1.28 bits per heavy atom. The molecule has 7 nitrogen and oxygen atoms in total. The lowest BCUT2D eigenvalue weighted by Gasteiger charge is -2.19. The number of nitrogens with two attached hydrogens (primary N) is 1. The summed E-state index contributed by atoms with van der Waals surface area (Å²) in [6.45, 7) is 3.29. The van der Waals surface area contributed by atoms with E-state index in [1.54, 1.807) is 24.3 Å². The maximum atomic E-state index is 12.0. The van der Waals surface area contributed by atoms with Gasteiger partial charge in [0, 0.05) is 17.8 Å². The van der Waals surface area contributed by atoms with E-state index in [2.05, 4.69) is 10.6 Å². The van der Waals surface area contributed by atoms with Crippen molar-refractivity contribution in [2.45, 2.75) is 19.9 Å². The Balaban J connectivity index is 0.00000576. The number of hydrogen-bond donors (Lipinski definition) is 3. The van der Waals surface area contributed by atoms with Gasteiger partial charge >= 0.3 is 0 Å². The monoisotopic (exact) mass is 390 g/mol.